The predicted molar refractivity (Wildman–Crippen MR) is 173 cm³/mol. The summed E-state index contributed by atoms with van der Waals surface area (Å²) in [6.07, 6.45) is 2.22. The molecule has 0 unspecified atom stereocenters. The average Bonchev–Trinajstić information content (AvgIpc) is 2.96. The van der Waals surface area contributed by atoms with Gasteiger partial charge in [0.05, 0.1) is 10.6 Å². The second-order valence-corrected chi connectivity index (χ2v) is 13.9. The van der Waals surface area contributed by atoms with Gasteiger partial charge in [-0.15, -0.1) is 11.8 Å². The van der Waals surface area contributed by atoms with Crippen LogP contribution in [0, 0.1) is 12.8 Å². The van der Waals surface area contributed by atoms with E-state index in [1.165, 1.54) is 28.8 Å². The van der Waals surface area contributed by atoms with E-state index in [4.69, 9.17) is 23.2 Å². The van der Waals surface area contributed by atoms with E-state index in [2.05, 4.69) is 5.32 Å². The van der Waals surface area contributed by atoms with Crippen molar-refractivity contribution in [3.05, 3.63) is 87.9 Å². The summed E-state index contributed by atoms with van der Waals surface area (Å²) in [6, 6.07) is 17.5. The topological polar surface area (TPSA) is 86.8 Å². The van der Waals surface area contributed by atoms with Crippen molar-refractivity contribution >= 4 is 62.5 Å². The lowest BCUT2D eigenvalue weighted by Crippen LogP contribution is -2.52. The summed E-state index contributed by atoms with van der Waals surface area (Å²) in [5.74, 6) is -0.652. The van der Waals surface area contributed by atoms with Crippen LogP contribution in [-0.4, -0.2) is 50.5 Å². The smallest absolute Gasteiger partial charge is 0.264 e. The van der Waals surface area contributed by atoms with E-state index in [0.717, 1.165) is 14.8 Å². The highest BCUT2D eigenvalue weighted by Crippen LogP contribution is 2.28. The van der Waals surface area contributed by atoms with Crippen molar-refractivity contribution in [1.82, 2.24) is 10.2 Å². The maximum atomic E-state index is 14.2. The molecule has 0 saturated heterocycles. The molecule has 0 aliphatic rings. The molecule has 0 bridgehead atoms. The SMILES string of the molecule is CC[C@@H](C(=O)NCC(C)C)N(Cc1ccc(Cl)cc1Cl)C(=O)CN(c1ccc(C)cc1)S(=O)(=O)c1ccc(SC)cc1. The molecule has 1 atom stereocenters. The number of amides is 2. The predicted octanol–water partition coefficient (Wildman–Crippen LogP) is 6.80. The summed E-state index contributed by atoms with van der Waals surface area (Å²) in [7, 11) is -4.15. The number of hydrogen-bond acceptors (Lipinski definition) is 5. The minimum atomic E-state index is -4.15. The molecule has 0 aliphatic heterocycles. The largest absolute Gasteiger partial charge is 0.354 e. The zero-order valence-corrected chi connectivity index (χ0v) is 27.6. The molecule has 0 fully saturated rings. The summed E-state index contributed by atoms with van der Waals surface area (Å²) in [6.45, 7) is 7.58. The minimum Gasteiger partial charge on any atom is -0.354 e. The lowest BCUT2D eigenvalue weighted by atomic mass is 10.1. The summed E-state index contributed by atoms with van der Waals surface area (Å²) in [5.41, 5.74) is 1.87. The first-order chi connectivity index (χ1) is 19.9. The third-order valence-corrected chi connectivity index (χ3v) is 9.79. The van der Waals surface area contributed by atoms with Crippen LogP contribution in [0.1, 0.15) is 38.3 Å². The molecule has 0 radical (unpaired) electrons. The van der Waals surface area contributed by atoms with Gasteiger partial charge >= 0.3 is 0 Å². The fourth-order valence-electron chi connectivity index (χ4n) is 4.29. The number of aryl methyl sites for hydroxylation is 1. The van der Waals surface area contributed by atoms with Crippen molar-refractivity contribution in [3.8, 4) is 0 Å². The molecular formula is C31H37Cl2N3O4S2. The Hall–Kier alpha value is -2.72. The average molecular weight is 651 g/mol. The zero-order chi connectivity index (χ0) is 31.0. The molecule has 0 aromatic heterocycles. The Labute approximate surface area is 263 Å². The van der Waals surface area contributed by atoms with Crippen LogP contribution in [0.3, 0.4) is 0 Å². The van der Waals surface area contributed by atoms with Crippen molar-refractivity contribution in [2.45, 2.75) is 56.5 Å². The van der Waals surface area contributed by atoms with Crippen LogP contribution in [0.5, 0.6) is 0 Å². The van der Waals surface area contributed by atoms with Crippen molar-refractivity contribution in [1.29, 1.82) is 0 Å². The summed E-state index contributed by atoms with van der Waals surface area (Å²) in [4.78, 5) is 29.9. The Morgan fingerprint density at radius 3 is 2.17 bits per heavy atom. The lowest BCUT2D eigenvalue weighted by molar-refractivity contribution is -0.140. The number of anilines is 1. The molecule has 3 aromatic rings. The highest BCUT2D eigenvalue weighted by molar-refractivity contribution is 7.98. The molecular weight excluding hydrogens is 613 g/mol. The zero-order valence-electron chi connectivity index (χ0n) is 24.4. The Morgan fingerprint density at radius 2 is 1.62 bits per heavy atom. The number of sulfonamides is 1. The maximum Gasteiger partial charge on any atom is 0.264 e. The molecule has 0 heterocycles. The fourth-order valence-corrected chi connectivity index (χ4v) is 6.58. The highest BCUT2D eigenvalue weighted by atomic mass is 35.5. The third kappa shape index (κ3) is 8.66. The van der Waals surface area contributed by atoms with E-state index in [1.807, 2.05) is 34.0 Å². The normalized spacial score (nSPS) is 12.2. The van der Waals surface area contributed by atoms with Crippen LogP contribution in [0.15, 0.2) is 76.5 Å². The van der Waals surface area contributed by atoms with Gasteiger partial charge in [-0.3, -0.25) is 13.9 Å². The van der Waals surface area contributed by atoms with E-state index >= 15 is 0 Å². The number of benzene rings is 3. The number of carbonyl (C=O) groups is 2. The fraction of sp³-hybridized carbons (Fsp3) is 0.355. The van der Waals surface area contributed by atoms with Crippen molar-refractivity contribution in [2.75, 3.05) is 23.7 Å². The molecule has 0 aliphatic carbocycles. The number of halogens is 2. The lowest BCUT2D eigenvalue weighted by Gasteiger charge is -2.33. The summed E-state index contributed by atoms with van der Waals surface area (Å²) < 4.78 is 29.1. The minimum absolute atomic E-state index is 0.00730. The van der Waals surface area contributed by atoms with E-state index in [-0.39, 0.29) is 23.3 Å². The number of nitrogens with one attached hydrogen (secondary N) is 1. The maximum absolute atomic E-state index is 14.2. The van der Waals surface area contributed by atoms with Crippen molar-refractivity contribution < 1.29 is 18.0 Å². The first kappa shape index (κ1) is 33.8. The molecule has 0 spiro atoms. The van der Waals surface area contributed by atoms with Crippen LogP contribution in [0.25, 0.3) is 0 Å². The van der Waals surface area contributed by atoms with Gasteiger partial charge in [-0.1, -0.05) is 67.7 Å². The first-order valence-electron chi connectivity index (χ1n) is 13.6. The van der Waals surface area contributed by atoms with Gasteiger partial charge in [0, 0.05) is 28.0 Å². The third-order valence-electron chi connectivity index (χ3n) is 6.67. The number of hydrogen-bond donors (Lipinski definition) is 1. The number of thioether (sulfide) groups is 1. The van der Waals surface area contributed by atoms with Crippen molar-refractivity contribution in [2.24, 2.45) is 5.92 Å². The van der Waals surface area contributed by atoms with Gasteiger partial charge < -0.3 is 10.2 Å². The van der Waals surface area contributed by atoms with Gasteiger partial charge in [-0.2, -0.15) is 0 Å². The van der Waals surface area contributed by atoms with Crippen LogP contribution < -0.4 is 9.62 Å². The molecule has 226 valence electrons. The van der Waals surface area contributed by atoms with Crippen LogP contribution >= 0.6 is 35.0 Å². The van der Waals surface area contributed by atoms with Crippen LogP contribution in [0.4, 0.5) is 5.69 Å². The molecule has 0 saturated carbocycles. The Bertz CT molecular complexity index is 1480. The quantitative estimate of drug-likeness (QED) is 0.206. The Kier molecular flexibility index (Phi) is 12.2. The van der Waals surface area contributed by atoms with Crippen molar-refractivity contribution in [3.63, 3.8) is 0 Å². The second-order valence-electron chi connectivity index (χ2n) is 10.3. The monoisotopic (exact) mass is 649 g/mol. The van der Waals surface area contributed by atoms with Gasteiger partial charge in [0.15, 0.2) is 0 Å². The van der Waals surface area contributed by atoms with E-state index in [0.29, 0.717) is 34.3 Å². The number of rotatable bonds is 13. The molecule has 3 rings (SSSR count). The van der Waals surface area contributed by atoms with Crippen LogP contribution in [-0.2, 0) is 26.2 Å². The Balaban J connectivity index is 2.06. The van der Waals surface area contributed by atoms with E-state index < -0.39 is 28.5 Å². The van der Waals surface area contributed by atoms with E-state index in [9.17, 15) is 18.0 Å². The highest BCUT2D eigenvalue weighted by Gasteiger charge is 2.34. The second kappa shape index (κ2) is 15.1. The summed E-state index contributed by atoms with van der Waals surface area (Å²) >= 11 is 14.1. The molecule has 1 N–H and O–H groups in total. The van der Waals surface area contributed by atoms with Gasteiger partial charge in [-0.25, -0.2) is 8.42 Å². The molecule has 11 heteroatoms. The standard InChI is InChI=1S/C31H37Cl2N3O4S2/c1-6-29(31(38)34-18-21(2)3)35(19-23-9-10-24(32)17-28(23)33)30(37)20-36(25-11-7-22(4)8-12-25)42(39,40)27-15-13-26(41-5)14-16-27/h7-17,21,29H,6,18-20H2,1-5H3,(H,34,38)/t29-/m0/s1. The van der Waals surface area contributed by atoms with Gasteiger partial charge in [0.1, 0.15) is 12.6 Å². The first-order valence-corrected chi connectivity index (χ1v) is 17.0. The molecule has 2 amide bonds. The molecule has 7 nitrogen and oxygen atoms in total. The Morgan fingerprint density at radius 1 is 0.976 bits per heavy atom. The number of nitrogens with zero attached hydrogens (tertiary/aromatic N) is 2. The van der Waals surface area contributed by atoms with Gasteiger partial charge in [0.25, 0.3) is 10.0 Å². The molecule has 3 aromatic carbocycles. The van der Waals surface area contributed by atoms with E-state index in [1.54, 1.807) is 54.6 Å². The van der Waals surface area contributed by atoms with Crippen LogP contribution in [0.2, 0.25) is 10.0 Å². The summed E-state index contributed by atoms with van der Waals surface area (Å²) in [5, 5.41) is 3.70. The number of carbonyl (C=O) groups excluding carboxylic acids is 2. The van der Waals surface area contributed by atoms with Gasteiger partial charge in [-0.05, 0) is 79.6 Å². The van der Waals surface area contributed by atoms with Gasteiger partial charge in [0.2, 0.25) is 11.8 Å². The molecule has 42 heavy (non-hydrogen) atoms.